The number of H-pyrrole nitrogens is 1. The Balaban J connectivity index is 1.87. The Morgan fingerprint density at radius 3 is 2.46 bits per heavy atom. The number of allylic oxidation sites excluding steroid dienone is 4. The molecule has 0 radical (unpaired) electrons. The normalized spacial score (nSPS) is 13.7. The van der Waals surface area contributed by atoms with Crippen molar-refractivity contribution in [3.05, 3.63) is 72.2 Å². The predicted octanol–water partition coefficient (Wildman–Crippen LogP) is 5.79. The van der Waals surface area contributed by atoms with Crippen LogP contribution in [0.2, 0.25) is 0 Å². The number of ether oxygens (including phenoxy) is 2. The number of methoxy groups -OCH3 is 2. The van der Waals surface area contributed by atoms with Crippen LogP contribution in [0.5, 0.6) is 11.5 Å². The van der Waals surface area contributed by atoms with Gasteiger partial charge in [0.15, 0.2) is 0 Å². The highest BCUT2D eigenvalue weighted by molar-refractivity contribution is 5.81. The van der Waals surface area contributed by atoms with Gasteiger partial charge in [-0.1, -0.05) is 36.4 Å². The van der Waals surface area contributed by atoms with E-state index in [0.717, 1.165) is 28.1 Å². The summed E-state index contributed by atoms with van der Waals surface area (Å²) in [6, 6.07) is 15.6. The van der Waals surface area contributed by atoms with Crippen LogP contribution in [0.1, 0.15) is 18.5 Å². The van der Waals surface area contributed by atoms with Crippen LogP contribution in [0, 0.1) is 0 Å². The molecule has 5 heteroatoms. The monoisotopic (exact) mass is 376 g/mol. The Kier molecular flexibility index (Phi) is 4.98. The third-order valence-electron chi connectivity index (χ3n) is 4.83. The third kappa shape index (κ3) is 3.43. The molecule has 0 fully saturated rings. The first-order valence-electron chi connectivity index (χ1n) is 9.13. The minimum absolute atomic E-state index is 0.0995. The van der Waals surface area contributed by atoms with Gasteiger partial charge in [-0.15, -0.1) is 0 Å². The largest absolute Gasteiger partial charge is 0.497 e. The van der Waals surface area contributed by atoms with Crippen LogP contribution in [0.4, 0.5) is 4.39 Å². The van der Waals surface area contributed by atoms with E-state index in [1.807, 2.05) is 54.6 Å². The molecule has 0 saturated heterocycles. The van der Waals surface area contributed by atoms with Gasteiger partial charge in [-0.3, -0.25) is 0 Å². The predicted molar refractivity (Wildman–Crippen MR) is 109 cm³/mol. The molecule has 0 unspecified atom stereocenters. The lowest BCUT2D eigenvalue weighted by Crippen LogP contribution is -1.94. The van der Waals surface area contributed by atoms with Crippen molar-refractivity contribution in [1.29, 1.82) is 0 Å². The van der Waals surface area contributed by atoms with Crippen LogP contribution in [0.3, 0.4) is 0 Å². The fraction of sp³-hybridized carbons (Fsp3) is 0.174. The van der Waals surface area contributed by atoms with Crippen LogP contribution < -0.4 is 9.47 Å². The topological polar surface area (TPSA) is 47.1 Å². The SMILES string of the molecule is COc1ccc(-c2nc(C3=CC=C(F)CC3)c(-c3ccccc3)[nH]2)c(OC)c1. The number of benzene rings is 2. The Morgan fingerprint density at radius 1 is 0.964 bits per heavy atom. The van der Waals surface area contributed by atoms with Crippen LogP contribution in [0.15, 0.2) is 66.5 Å². The molecule has 1 aromatic heterocycles. The maximum atomic E-state index is 13.5. The number of imidazole rings is 1. The molecule has 1 aliphatic carbocycles. The van der Waals surface area contributed by atoms with Crippen molar-refractivity contribution in [2.45, 2.75) is 12.8 Å². The maximum Gasteiger partial charge on any atom is 0.142 e. The molecule has 4 nitrogen and oxygen atoms in total. The molecule has 28 heavy (non-hydrogen) atoms. The summed E-state index contributed by atoms with van der Waals surface area (Å²) in [6.07, 6.45) is 4.35. The molecule has 0 saturated carbocycles. The van der Waals surface area contributed by atoms with Crippen molar-refractivity contribution in [2.24, 2.45) is 0 Å². The van der Waals surface area contributed by atoms with Crippen molar-refractivity contribution in [1.82, 2.24) is 9.97 Å². The van der Waals surface area contributed by atoms with E-state index >= 15 is 0 Å². The fourth-order valence-corrected chi connectivity index (χ4v) is 3.35. The minimum atomic E-state index is -0.0995. The number of aromatic nitrogens is 2. The zero-order valence-electron chi connectivity index (χ0n) is 15.8. The Hall–Kier alpha value is -3.34. The summed E-state index contributed by atoms with van der Waals surface area (Å²) in [6.45, 7) is 0. The van der Waals surface area contributed by atoms with Gasteiger partial charge in [0.05, 0.1) is 31.2 Å². The summed E-state index contributed by atoms with van der Waals surface area (Å²) in [5.74, 6) is 1.98. The summed E-state index contributed by atoms with van der Waals surface area (Å²) in [5.41, 5.74) is 4.62. The lowest BCUT2D eigenvalue weighted by molar-refractivity contribution is 0.395. The number of nitrogens with zero attached hydrogens (tertiary/aromatic N) is 1. The molecule has 0 amide bonds. The first-order chi connectivity index (χ1) is 13.7. The standard InChI is InChI=1S/C23H21FN2O2/c1-27-18-12-13-19(20(14-18)28-2)23-25-21(15-6-4-3-5-7-15)22(26-23)16-8-10-17(24)11-9-16/h3-8,10,12-14H,9,11H2,1-2H3,(H,25,26). The maximum absolute atomic E-state index is 13.5. The van der Waals surface area contributed by atoms with E-state index < -0.39 is 0 Å². The van der Waals surface area contributed by atoms with Crippen molar-refractivity contribution < 1.29 is 13.9 Å². The summed E-state index contributed by atoms with van der Waals surface area (Å²) in [5, 5.41) is 0. The molecule has 4 rings (SSSR count). The molecule has 1 heterocycles. The van der Waals surface area contributed by atoms with Gasteiger partial charge in [0.2, 0.25) is 0 Å². The lowest BCUT2D eigenvalue weighted by Gasteiger charge is -2.10. The van der Waals surface area contributed by atoms with Gasteiger partial charge in [-0.2, -0.15) is 0 Å². The van der Waals surface area contributed by atoms with E-state index in [4.69, 9.17) is 14.5 Å². The van der Waals surface area contributed by atoms with Crippen molar-refractivity contribution in [2.75, 3.05) is 14.2 Å². The highest BCUT2D eigenvalue weighted by Crippen LogP contribution is 2.38. The highest BCUT2D eigenvalue weighted by atomic mass is 19.1. The van der Waals surface area contributed by atoms with E-state index in [2.05, 4.69) is 4.98 Å². The second-order valence-corrected chi connectivity index (χ2v) is 6.55. The average Bonchev–Trinajstić information content (AvgIpc) is 3.19. The van der Waals surface area contributed by atoms with E-state index in [9.17, 15) is 4.39 Å². The molecule has 1 N–H and O–H groups in total. The van der Waals surface area contributed by atoms with Gasteiger partial charge in [0.1, 0.15) is 23.2 Å². The average molecular weight is 376 g/mol. The molecule has 0 bridgehead atoms. The van der Waals surface area contributed by atoms with Gasteiger partial charge in [-0.25, -0.2) is 9.37 Å². The molecular weight excluding hydrogens is 355 g/mol. The number of hydrogen-bond acceptors (Lipinski definition) is 3. The summed E-state index contributed by atoms with van der Waals surface area (Å²) < 4.78 is 24.3. The van der Waals surface area contributed by atoms with Crippen LogP contribution in [0.25, 0.3) is 28.2 Å². The van der Waals surface area contributed by atoms with E-state index in [1.165, 1.54) is 6.08 Å². The summed E-state index contributed by atoms with van der Waals surface area (Å²) >= 11 is 0. The fourth-order valence-electron chi connectivity index (χ4n) is 3.35. The van der Waals surface area contributed by atoms with E-state index in [1.54, 1.807) is 14.2 Å². The van der Waals surface area contributed by atoms with Crippen molar-refractivity contribution in [3.63, 3.8) is 0 Å². The van der Waals surface area contributed by atoms with Gasteiger partial charge in [-0.05, 0) is 30.2 Å². The molecule has 2 aromatic carbocycles. The van der Waals surface area contributed by atoms with Gasteiger partial charge >= 0.3 is 0 Å². The quantitative estimate of drug-likeness (QED) is 0.613. The van der Waals surface area contributed by atoms with Crippen molar-refractivity contribution in [3.8, 4) is 34.1 Å². The number of rotatable bonds is 5. The number of aromatic amines is 1. The summed E-state index contributed by atoms with van der Waals surface area (Å²) in [4.78, 5) is 8.32. The van der Waals surface area contributed by atoms with Crippen LogP contribution >= 0.6 is 0 Å². The van der Waals surface area contributed by atoms with Gasteiger partial charge in [0, 0.05) is 18.1 Å². The van der Waals surface area contributed by atoms with Gasteiger partial charge < -0.3 is 14.5 Å². The second-order valence-electron chi connectivity index (χ2n) is 6.55. The minimum Gasteiger partial charge on any atom is -0.497 e. The van der Waals surface area contributed by atoms with Gasteiger partial charge in [0.25, 0.3) is 0 Å². The molecular formula is C23H21FN2O2. The highest BCUT2D eigenvalue weighted by Gasteiger charge is 2.20. The zero-order valence-corrected chi connectivity index (χ0v) is 15.8. The Bertz CT molecular complexity index is 1050. The number of nitrogens with one attached hydrogen (secondary N) is 1. The number of hydrogen-bond donors (Lipinski definition) is 1. The zero-order chi connectivity index (χ0) is 19.5. The van der Waals surface area contributed by atoms with E-state index in [0.29, 0.717) is 30.2 Å². The molecule has 3 aromatic rings. The first kappa shape index (κ1) is 18.0. The van der Waals surface area contributed by atoms with Crippen LogP contribution in [-0.4, -0.2) is 24.2 Å². The third-order valence-corrected chi connectivity index (χ3v) is 4.83. The molecule has 142 valence electrons. The molecule has 0 spiro atoms. The molecule has 0 atom stereocenters. The number of halogens is 1. The summed E-state index contributed by atoms with van der Waals surface area (Å²) in [7, 11) is 3.24. The first-order valence-corrected chi connectivity index (χ1v) is 9.13. The molecule has 1 aliphatic rings. The van der Waals surface area contributed by atoms with E-state index in [-0.39, 0.29) is 5.83 Å². The smallest absolute Gasteiger partial charge is 0.142 e. The second kappa shape index (κ2) is 7.72. The van der Waals surface area contributed by atoms with Crippen molar-refractivity contribution >= 4 is 5.57 Å². The Morgan fingerprint density at radius 2 is 1.79 bits per heavy atom. The Labute approximate surface area is 163 Å². The molecule has 0 aliphatic heterocycles. The van der Waals surface area contributed by atoms with Crippen LogP contribution in [-0.2, 0) is 0 Å². The lowest BCUT2D eigenvalue weighted by atomic mass is 9.98.